The Bertz CT molecular complexity index is 1210. The molecule has 26 heavy (non-hydrogen) atoms. The van der Waals surface area contributed by atoms with Crippen LogP contribution in [0.2, 0.25) is 5.02 Å². The average Bonchev–Trinajstić information content (AvgIpc) is 3.33. The quantitative estimate of drug-likeness (QED) is 0.474. The third kappa shape index (κ3) is 2.64. The van der Waals surface area contributed by atoms with Crippen molar-refractivity contribution in [1.29, 1.82) is 0 Å². The zero-order valence-electron chi connectivity index (χ0n) is 13.5. The van der Waals surface area contributed by atoms with Crippen molar-refractivity contribution in [3.8, 4) is 0 Å². The molecule has 0 radical (unpaired) electrons. The summed E-state index contributed by atoms with van der Waals surface area (Å²) in [4.78, 5) is 4.87. The van der Waals surface area contributed by atoms with Crippen LogP contribution in [0.1, 0.15) is 5.56 Å². The second-order valence-electron chi connectivity index (χ2n) is 5.93. The first-order chi connectivity index (χ1) is 12.8. The van der Waals surface area contributed by atoms with E-state index in [4.69, 9.17) is 16.6 Å². The molecule has 1 aliphatic rings. The first kappa shape index (κ1) is 15.4. The SMILES string of the molecule is Clc1cccc(Nc2nc3cc(C4=NN=NC4)ccc3c3sccc23)c1. The van der Waals surface area contributed by atoms with Crippen LogP contribution >= 0.6 is 22.9 Å². The van der Waals surface area contributed by atoms with Gasteiger partial charge in [0.1, 0.15) is 12.4 Å². The minimum absolute atomic E-state index is 0.514. The summed E-state index contributed by atoms with van der Waals surface area (Å²) in [7, 11) is 0. The maximum Gasteiger partial charge on any atom is 0.139 e. The Kier molecular flexibility index (Phi) is 3.65. The molecule has 5 rings (SSSR count). The highest BCUT2D eigenvalue weighted by molar-refractivity contribution is 7.18. The Morgan fingerprint density at radius 2 is 2.00 bits per heavy atom. The third-order valence-electron chi connectivity index (χ3n) is 4.26. The predicted octanol–water partition coefficient (Wildman–Crippen LogP) is 6.02. The first-order valence-corrected chi connectivity index (χ1v) is 9.31. The monoisotopic (exact) mass is 377 g/mol. The highest BCUT2D eigenvalue weighted by Crippen LogP contribution is 2.35. The Morgan fingerprint density at radius 3 is 2.85 bits per heavy atom. The van der Waals surface area contributed by atoms with Gasteiger partial charge >= 0.3 is 0 Å². The lowest BCUT2D eigenvalue weighted by Crippen LogP contribution is -2.02. The van der Waals surface area contributed by atoms with Gasteiger partial charge in [0.05, 0.1) is 11.2 Å². The van der Waals surface area contributed by atoms with Gasteiger partial charge in [0.15, 0.2) is 0 Å². The number of pyridine rings is 1. The van der Waals surface area contributed by atoms with Gasteiger partial charge in [-0.3, -0.25) is 0 Å². The molecule has 4 aromatic rings. The van der Waals surface area contributed by atoms with Gasteiger partial charge in [0, 0.05) is 31.7 Å². The minimum atomic E-state index is 0.514. The van der Waals surface area contributed by atoms with Gasteiger partial charge in [0.2, 0.25) is 0 Å². The fourth-order valence-electron chi connectivity index (χ4n) is 3.04. The molecular formula is C19H12ClN5S. The van der Waals surface area contributed by atoms with Crippen LogP contribution in [0.4, 0.5) is 11.5 Å². The van der Waals surface area contributed by atoms with Crippen LogP contribution in [-0.4, -0.2) is 17.2 Å². The molecule has 2 aromatic heterocycles. The molecule has 0 spiro atoms. The summed E-state index contributed by atoms with van der Waals surface area (Å²) in [5.41, 5.74) is 3.69. The number of aromatic nitrogens is 1. The number of benzene rings is 2. The Labute approximate surface area is 158 Å². The van der Waals surface area contributed by atoms with Crippen molar-refractivity contribution in [3.05, 3.63) is 64.5 Å². The lowest BCUT2D eigenvalue weighted by atomic mass is 10.1. The Balaban J connectivity index is 1.67. The van der Waals surface area contributed by atoms with Crippen LogP contribution < -0.4 is 5.32 Å². The number of hydrogen-bond acceptors (Lipinski definition) is 6. The van der Waals surface area contributed by atoms with E-state index in [-0.39, 0.29) is 0 Å². The molecule has 1 aliphatic heterocycles. The number of thiophene rings is 1. The van der Waals surface area contributed by atoms with Gasteiger partial charge < -0.3 is 5.32 Å². The van der Waals surface area contributed by atoms with E-state index in [2.05, 4.69) is 44.3 Å². The van der Waals surface area contributed by atoms with E-state index in [1.165, 1.54) is 4.70 Å². The summed E-state index contributed by atoms with van der Waals surface area (Å²) >= 11 is 7.82. The Morgan fingerprint density at radius 1 is 1.04 bits per heavy atom. The summed E-state index contributed by atoms with van der Waals surface area (Å²) in [5, 5.41) is 20.1. The molecule has 0 saturated heterocycles. The number of rotatable bonds is 3. The van der Waals surface area contributed by atoms with E-state index in [0.29, 0.717) is 11.6 Å². The van der Waals surface area contributed by atoms with E-state index in [9.17, 15) is 0 Å². The second kappa shape index (κ2) is 6.16. The van der Waals surface area contributed by atoms with Crippen molar-refractivity contribution >= 4 is 61.1 Å². The van der Waals surface area contributed by atoms with E-state index >= 15 is 0 Å². The molecule has 0 amide bonds. The van der Waals surface area contributed by atoms with Gasteiger partial charge in [-0.1, -0.05) is 29.8 Å². The molecule has 0 aliphatic carbocycles. The van der Waals surface area contributed by atoms with Crippen LogP contribution in [0.25, 0.3) is 21.0 Å². The predicted molar refractivity (Wildman–Crippen MR) is 108 cm³/mol. The zero-order chi connectivity index (χ0) is 17.5. The molecule has 0 saturated carbocycles. The molecule has 0 unspecified atom stereocenters. The number of fused-ring (bicyclic) bond motifs is 3. The smallest absolute Gasteiger partial charge is 0.139 e. The largest absolute Gasteiger partial charge is 0.340 e. The van der Waals surface area contributed by atoms with Gasteiger partial charge in [-0.2, -0.15) is 5.11 Å². The molecule has 126 valence electrons. The van der Waals surface area contributed by atoms with Gasteiger partial charge in [-0.05, 0) is 40.9 Å². The Hall–Kier alpha value is -2.83. The van der Waals surface area contributed by atoms with Crippen LogP contribution in [0.5, 0.6) is 0 Å². The molecule has 5 nitrogen and oxygen atoms in total. The molecule has 0 bridgehead atoms. The number of nitrogens with one attached hydrogen (secondary N) is 1. The van der Waals surface area contributed by atoms with Crippen molar-refractivity contribution in [2.45, 2.75) is 0 Å². The van der Waals surface area contributed by atoms with Crippen LogP contribution in [0.3, 0.4) is 0 Å². The van der Waals surface area contributed by atoms with E-state index < -0.39 is 0 Å². The fourth-order valence-corrected chi connectivity index (χ4v) is 4.17. The summed E-state index contributed by atoms with van der Waals surface area (Å²) in [6.45, 7) is 0.514. The normalized spacial score (nSPS) is 13.5. The summed E-state index contributed by atoms with van der Waals surface area (Å²) < 4.78 is 1.20. The molecule has 0 atom stereocenters. The molecule has 0 fully saturated rings. The summed E-state index contributed by atoms with van der Waals surface area (Å²) in [6.07, 6.45) is 0. The lowest BCUT2D eigenvalue weighted by Gasteiger charge is -2.10. The number of nitrogens with zero attached hydrogens (tertiary/aromatic N) is 4. The van der Waals surface area contributed by atoms with Crippen molar-refractivity contribution in [1.82, 2.24) is 4.98 Å². The van der Waals surface area contributed by atoms with Crippen molar-refractivity contribution in [2.75, 3.05) is 11.9 Å². The average molecular weight is 378 g/mol. The second-order valence-corrected chi connectivity index (χ2v) is 7.28. The number of hydrogen-bond donors (Lipinski definition) is 1. The number of anilines is 2. The fraction of sp³-hybridized carbons (Fsp3) is 0.0526. The topological polar surface area (TPSA) is 62.0 Å². The zero-order valence-corrected chi connectivity index (χ0v) is 15.1. The molecule has 3 heterocycles. The first-order valence-electron chi connectivity index (χ1n) is 8.05. The van der Waals surface area contributed by atoms with E-state index in [0.717, 1.165) is 39.1 Å². The van der Waals surface area contributed by atoms with Crippen molar-refractivity contribution in [3.63, 3.8) is 0 Å². The van der Waals surface area contributed by atoms with Gasteiger partial charge in [-0.15, -0.1) is 16.4 Å². The lowest BCUT2D eigenvalue weighted by molar-refractivity contribution is 1.06. The van der Waals surface area contributed by atoms with Crippen LogP contribution in [0.15, 0.2) is 69.3 Å². The molecule has 2 aromatic carbocycles. The van der Waals surface area contributed by atoms with E-state index in [1.54, 1.807) is 11.3 Å². The van der Waals surface area contributed by atoms with Crippen molar-refractivity contribution < 1.29 is 0 Å². The summed E-state index contributed by atoms with van der Waals surface area (Å²) in [6, 6.07) is 15.9. The highest BCUT2D eigenvalue weighted by atomic mass is 35.5. The van der Waals surface area contributed by atoms with E-state index in [1.807, 2.05) is 30.3 Å². The maximum atomic E-state index is 6.11. The molecule has 7 heteroatoms. The summed E-state index contributed by atoms with van der Waals surface area (Å²) in [5.74, 6) is 0.816. The minimum Gasteiger partial charge on any atom is -0.340 e. The van der Waals surface area contributed by atoms with Crippen LogP contribution in [0, 0.1) is 0 Å². The molecule has 1 N–H and O–H groups in total. The standard InChI is InChI=1S/C19H12ClN5S/c20-12-2-1-3-13(9-12)22-19-15-6-7-26-18(15)14-5-4-11(8-16(14)23-19)17-10-21-25-24-17/h1-9H,10H2,(H,22,23). The van der Waals surface area contributed by atoms with Crippen molar-refractivity contribution in [2.24, 2.45) is 15.4 Å². The van der Waals surface area contributed by atoms with Crippen LogP contribution in [-0.2, 0) is 0 Å². The van der Waals surface area contributed by atoms with Gasteiger partial charge in [0.25, 0.3) is 0 Å². The number of halogens is 1. The highest BCUT2D eigenvalue weighted by Gasteiger charge is 2.13. The third-order valence-corrected chi connectivity index (χ3v) is 5.45. The van der Waals surface area contributed by atoms with Gasteiger partial charge in [-0.25, -0.2) is 4.98 Å². The maximum absolute atomic E-state index is 6.11. The molecular weight excluding hydrogens is 366 g/mol.